The Labute approximate surface area is 158 Å². The van der Waals surface area contributed by atoms with Crippen molar-refractivity contribution in [2.24, 2.45) is 0 Å². The summed E-state index contributed by atoms with van der Waals surface area (Å²) < 4.78 is 0. The molecule has 0 aliphatic heterocycles. The highest BCUT2D eigenvalue weighted by Gasteiger charge is 2.14. The van der Waals surface area contributed by atoms with Gasteiger partial charge in [-0.25, -0.2) is 4.98 Å². The lowest BCUT2D eigenvalue weighted by Crippen LogP contribution is -2.05. The first kappa shape index (κ1) is 18.2. The number of nitrogens with one attached hydrogen (secondary N) is 1. The lowest BCUT2D eigenvalue weighted by molar-refractivity contribution is -0.114. The molecule has 0 aliphatic carbocycles. The van der Waals surface area contributed by atoms with Crippen molar-refractivity contribution in [3.05, 3.63) is 65.2 Å². The van der Waals surface area contributed by atoms with E-state index in [0.717, 1.165) is 33.5 Å². The van der Waals surface area contributed by atoms with Gasteiger partial charge in [0.15, 0.2) is 0 Å². The minimum Gasteiger partial charge on any atom is -0.383 e. The Kier molecular flexibility index (Phi) is 4.91. The molecular weight excluding hydrogens is 336 g/mol. The molecule has 0 saturated carbocycles. The summed E-state index contributed by atoms with van der Waals surface area (Å²) in [6, 6.07) is 17.5. The largest absolute Gasteiger partial charge is 0.383 e. The monoisotopic (exact) mass is 356 g/mol. The van der Waals surface area contributed by atoms with E-state index in [1.807, 2.05) is 44.2 Å². The number of nitriles is 1. The molecule has 3 aromatic rings. The van der Waals surface area contributed by atoms with E-state index >= 15 is 0 Å². The number of benzene rings is 2. The number of hydrogen-bond donors (Lipinski definition) is 2. The lowest BCUT2D eigenvalue weighted by atomic mass is 9.96. The summed E-state index contributed by atoms with van der Waals surface area (Å²) in [5.74, 6) is 0.0719. The van der Waals surface area contributed by atoms with E-state index in [2.05, 4.69) is 22.4 Å². The molecule has 0 spiro atoms. The fourth-order valence-electron chi connectivity index (χ4n) is 3.00. The van der Waals surface area contributed by atoms with Crippen molar-refractivity contribution >= 4 is 17.4 Å². The van der Waals surface area contributed by atoms with Crippen molar-refractivity contribution in [2.75, 3.05) is 11.1 Å². The number of amides is 1. The fraction of sp³-hybridized carbons (Fsp3) is 0.136. The second kappa shape index (κ2) is 7.30. The minimum absolute atomic E-state index is 0.133. The van der Waals surface area contributed by atoms with Gasteiger partial charge in [0.2, 0.25) is 5.91 Å². The molecule has 0 aliphatic rings. The van der Waals surface area contributed by atoms with E-state index in [9.17, 15) is 10.1 Å². The number of nitrogen functional groups attached to an aromatic ring is 1. The number of nitrogens with two attached hydrogens (primary N) is 1. The van der Waals surface area contributed by atoms with Gasteiger partial charge in [-0.05, 0) is 49.2 Å². The van der Waals surface area contributed by atoms with Gasteiger partial charge >= 0.3 is 0 Å². The zero-order valence-corrected chi connectivity index (χ0v) is 15.5. The highest BCUT2D eigenvalue weighted by Crippen LogP contribution is 2.33. The molecule has 3 N–H and O–H groups in total. The quantitative estimate of drug-likeness (QED) is 0.725. The summed E-state index contributed by atoms with van der Waals surface area (Å²) >= 11 is 0. The maximum absolute atomic E-state index is 11.2. The fourth-order valence-corrected chi connectivity index (χ4v) is 3.00. The van der Waals surface area contributed by atoms with E-state index in [1.165, 1.54) is 6.92 Å². The predicted octanol–water partition coefficient (Wildman–Crippen LogP) is 4.44. The standard InChI is InChI=1S/C22H20N4O/c1-13-4-5-14(2)18(10-13)21-11-19(20(12-23)22(24)26-21)16-6-8-17(9-7-16)25-15(3)27/h4-11H,1-3H3,(H2,24,26)(H,25,27). The van der Waals surface area contributed by atoms with Crippen molar-refractivity contribution in [1.82, 2.24) is 4.98 Å². The van der Waals surface area contributed by atoms with E-state index in [-0.39, 0.29) is 11.7 Å². The molecule has 0 atom stereocenters. The van der Waals surface area contributed by atoms with Gasteiger partial charge < -0.3 is 11.1 Å². The molecule has 27 heavy (non-hydrogen) atoms. The van der Waals surface area contributed by atoms with Crippen LogP contribution in [0.15, 0.2) is 48.5 Å². The number of aromatic nitrogens is 1. The summed E-state index contributed by atoms with van der Waals surface area (Å²) in [4.78, 5) is 15.7. The van der Waals surface area contributed by atoms with Crippen molar-refractivity contribution < 1.29 is 4.79 Å². The Morgan fingerprint density at radius 3 is 2.41 bits per heavy atom. The molecule has 0 radical (unpaired) electrons. The molecule has 0 saturated heterocycles. The third kappa shape index (κ3) is 3.80. The van der Waals surface area contributed by atoms with E-state index < -0.39 is 0 Å². The van der Waals surface area contributed by atoms with Crippen molar-refractivity contribution in [2.45, 2.75) is 20.8 Å². The summed E-state index contributed by atoms with van der Waals surface area (Å²) in [5.41, 5.74) is 12.6. The number of aryl methyl sites for hydroxylation is 2. The van der Waals surface area contributed by atoms with Crippen LogP contribution in [0, 0.1) is 25.2 Å². The van der Waals surface area contributed by atoms with Gasteiger partial charge in [-0.2, -0.15) is 5.26 Å². The molecule has 1 heterocycles. The van der Waals surface area contributed by atoms with Crippen molar-refractivity contribution in [1.29, 1.82) is 5.26 Å². The first-order valence-corrected chi connectivity index (χ1v) is 8.55. The number of carbonyl (C=O) groups is 1. The molecule has 0 bridgehead atoms. The topological polar surface area (TPSA) is 91.8 Å². The number of nitrogens with zero attached hydrogens (tertiary/aromatic N) is 2. The van der Waals surface area contributed by atoms with Crippen LogP contribution in [0.5, 0.6) is 0 Å². The average molecular weight is 356 g/mol. The number of carbonyl (C=O) groups excluding carboxylic acids is 1. The Morgan fingerprint density at radius 2 is 1.78 bits per heavy atom. The molecule has 1 aromatic heterocycles. The SMILES string of the molecule is CC(=O)Nc1ccc(-c2cc(-c3cc(C)ccc3C)nc(N)c2C#N)cc1. The van der Waals surface area contributed by atoms with Crippen LogP contribution < -0.4 is 11.1 Å². The third-order valence-electron chi connectivity index (χ3n) is 4.34. The smallest absolute Gasteiger partial charge is 0.221 e. The lowest BCUT2D eigenvalue weighted by Gasteiger charge is -2.13. The predicted molar refractivity (Wildman–Crippen MR) is 108 cm³/mol. The number of anilines is 2. The van der Waals surface area contributed by atoms with Gasteiger partial charge in [0.05, 0.1) is 5.69 Å². The van der Waals surface area contributed by atoms with Crippen LogP contribution in [-0.4, -0.2) is 10.9 Å². The minimum atomic E-state index is -0.133. The molecule has 5 nitrogen and oxygen atoms in total. The van der Waals surface area contributed by atoms with E-state index in [0.29, 0.717) is 11.3 Å². The normalized spacial score (nSPS) is 10.3. The van der Waals surface area contributed by atoms with Gasteiger partial charge in [0.25, 0.3) is 0 Å². The Hall–Kier alpha value is -3.65. The molecule has 1 amide bonds. The summed E-state index contributed by atoms with van der Waals surface area (Å²) in [5, 5.41) is 12.3. The highest BCUT2D eigenvalue weighted by molar-refractivity contribution is 5.89. The molecule has 2 aromatic carbocycles. The molecule has 5 heteroatoms. The van der Waals surface area contributed by atoms with Crippen LogP contribution in [0.25, 0.3) is 22.4 Å². The zero-order valence-electron chi connectivity index (χ0n) is 15.5. The van der Waals surface area contributed by atoms with Crippen LogP contribution in [0.2, 0.25) is 0 Å². The van der Waals surface area contributed by atoms with Gasteiger partial charge in [0, 0.05) is 23.7 Å². The summed E-state index contributed by atoms with van der Waals surface area (Å²) in [7, 11) is 0. The first-order chi connectivity index (χ1) is 12.9. The molecule has 0 fully saturated rings. The maximum atomic E-state index is 11.2. The Balaban J connectivity index is 2.15. The van der Waals surface area contributed by atoms with E-state index in [4.69, 9.17) is 5.73 Å². The zero-order chi connectivity index (χ0) is 19.6. The van der Waals surface area contributed by atoms with Gasteiger partial charge in [0.1, 0.15) is 17.5 Å². The van der Waals surface area contributed by atoms with Gasteiger partial charge in [-0.15, -0.1) is 0 Å². The van der Waals surface area contributed by atoms with Crippen LogP contribution in [-0.2, 0) is 4.79 Å². The molecule has 3 rings (SSSR count). The Morgan fingerprint density at radius 1 is 1.07 bits per heavy atom. The average Bonchev–Trinajstić information content (AvgIpc) is 2.63. The van der Waals surface area contributed by atoms with Gasteiger partial charge in [-0.3, -0.25) is 4.79 Å². The second-order valence-electron chi connectivity index (χ2n) is 6.50. The molecule has 0 unspecified atom stereocenters. The van der Waals surface area contributed by atoms with Crippen LogP contribution in [0.4, 0.5) is 11.5 Å². The highest BCUT2D eigenvalue weighted by atomic mass is 16.1. The molecule has 134 valence electrons. The third-order valence-corrected chi connectivity index (χ3v) is 4.34. The van der Waals surface area contributed by atoms with Crippen molar-refractivity contribution in [3.63, 3.8) is 0 Å². The van der Waals surface area contributed by atoms with Gasteiger partial charge in [-0.1, -0.05) is 29.8 Å². The van der Waals surface area contributed by atoms with E-state index in [1.54, 1.807) is 12.1 Å². The van der Waals surface area contributed by atoms with Crippen LogP contribution in [0.1, 0.15) is 23.6 Å². The number of pyridine rings is 1. The number of hydrogen-bond acceptors (Lipinski definition) is 4. The number of rotatable bonds is 3. The maximum Gasteiger partial charge on any atom is 0.221 e. The van der Waals surface area contributed by atoms with Crippen LogP contribution >= 0.6 is 0 Å². The second-order valence-corrected chi connectivity index (χ2v) is 6.50. The van der Waals surface area contributed by atoms with Crippen LogP contribution in [0.3, 0.4) is 0 Å². The molecular formula is C22H20N4O. The Bertz CT molecular complexity index is 1060. The first-order valence-electron chi connectivity index (χ1n) is 8.55. The summed E-state index contributed by atoms with van der Waals surface area (Å²) in [6.07, 6.45) is 0. The van der Waals surface area contributed by atoms with Crippen molar-refractivity contribution in [3.8, 4) is 28.5 Å². The summed E-state index contributed by atoms with van der Waals surface area (Å²) in [6.45, 7) is 5.51.